The highest BCUT2D eigenvalue weighted by Crippen LogP contribution is 2.30. The van der Waals surface area contributed by atoms with Crippen molar-refractivity contribution in [2.45, 2.75) is 19.9 Å². The Bertz CT molecular complexity index is 1440. The third kappa shape index (κ3) is 3.06. The van der Waals surface area contributed by atoms with Gasteiger partial charge in [0.2, 0.25) is 0 Å². The fourth-order valence-corrected chi connectivity index (χ4v) is 4.79. The van der Waals surface area contributed by atoms with Gasteiger partial charge in [0.25, 0.3) is 5.56 Å². The first-order valence-corrected chi connectivity index (χ1v) is 10.6. The van der Waals surface area contributed by atoms with E-state index in [2.05, 4.69) is 23.0 Å². The van der Waals surface area contributed by atoms with Crippen LogP contribution in [0.2, 0.25) is 0 Å². The van der Waals surface area contributed by atoms with E-state index in [9.17, 15) is 9.59 Å². The molecule has 30 heavy (non-hydrogen) atoms. The molecule has 3 aromatic heterocycles. The maximum Gasteiger partial charge on any atom is 0.262 e. The number of hydrogen-bond acceptors (Lipinski definition) is 4. The molecule has 0 amide bonds. The second kappa shape index (κ2) is 7.39. The summed E-state index contributed by atoms with van der Waals surface area (Å²) in [6, 6.07) is 17.7. The molecule has 6 heteroatoms. The topological polar surface area (TPSA) is 67.8 Å². The molecular formula is C24H19N3O2S. The van der Waals surface area contributed by atoms with Crippen molar-refractivity contribution in [1.29, 1.82) is 0 Å². The fourth-order valence-electron chi connectivity index (χ4n) is 3.80. The highest BCUT2D eigenvalue weighted by atomic mass is 32.1. The van der Waals surface area contributed by atoms with Gasteiger partial charge < -0.3 is 4.98 Å². The summed E-state index contributed by atoms with van der Waals surface area (Å²) < 4.78 is 1.40. The lowest BCUT2D eigenvalue weighted by molar-refractivity contribution is 0.0972. The molecule has 0 fully saturated rings. The van der Waals surface area contributed by atoms with Gasteiger partial charge in [-0.2, -0.15) is 0 Å². The second-order valence-electron chi connectivity index (χ2n) is 7.19. The van der Waals surface area contributed by atoms with Crippen molar-refractivity contribution in [2.24, 2.45) is 0 Å². The smallest absolute Gasteiger partial charge is 0.262 e. The molecule has 0 saturated carbocycles. The van der Waals surface area contributed by atoms with Gasteiger partial charge >= 0.3 is 0 Å². The highest BCUT2D eigenvalue weighted by Gasteiger charge is 2.16. The third-order valence-corrected chi connectivity index (χ3v) is 6.47. The first-order valence-electron chi connectivity index (χ1n) is 9.82. The molecule has 3 heterocycles. The summed E-state index contributed by atoms with van der Waals surface area (Å²) in [7, 11) is 0. The van der Waals surface area contributed by atoms with Gasteiger partial charge in [-0.15, -0.1) is 11.3 Å². The van der Waals surface area contributed by atoms with Gasteiger partial charge in [0, 0.05) is 27.5 Å². The fraction of sp³-hybridized carbons (Fsp3) is 0.125. The van der Waals surface area contributed by atoms with Crippen LogP contribution in [0.1, 0.15) is 22.8 Å². The first kappa shape index (κ1) is 18.5. The maximum atomic E-state index is 13.0. The van der Waals surface area contributed by atoms with Crippen LogP contribution < -0.4 is 5.56 Å². The number of Topliss-reactive ketones (excluding diaryl/α,β-unsaturated/α-hetero) is 1. The summed E-state index contributed by atoms with van der Waals surface area (Å²) in [4.78, 5) is 35.3. The molecule has 0 unspecified atom stereocenters. The Kier molecular flexibility index (Phi) is 4.56. The lowest BCUT2D eigenvalue weighted by Gasteiger charge is -2.04. The SMILES string of the molecule is CCc1cccc2c(C(=O)Cn3cnc4sc(-c5ccccc5)cc4c3=O)c[nH]c12. The maximum absolute atomic E-state index is 13.0. The van der Waals surface area contributed by atoms with Crippen LogP contribution in [0.3, 0.4) is 0 Å². The molecule has 0 radical (unpaired) electrons. The van der Waals surface area contributed by atoms with E-state index in [1.54, 1.807) is 6.20 Å². The van der Waals surface area contributed by atoms with Gasteiger partial charge in [-0.3, -0.25) is 14.2 Å². The van der Waals surface area contributed by atoms with E-state index < -0.39 is 0 Å². The molecule has 0 atom stereocenters. The summed E-state index contributed by atoms with van der Waals surface area (Å²) in [6.07, 6.45) is 4.09. The number of aromatic nitrogens is 3. The van der Waals surface area contributed by atoms with Crippen molar-refractivity contribution in [3.05, 3.63) is 88.6 Å². The van der Waals surface area contributed by atoms with E-state index in [4.69, 9.17) is 0 Å². The molecule has 2 aromatic carbocycles. The number of para-hydroxylation sites is 1. The van der Waals surface area contributed by atoms with Crippen molar-refractivity contribution in [2.75, 3.05) is 0 Å². The van der Waals surface area contributed by atoms with E-state index in [1.165, 1.54) is 27.8 Å². The van der Waals surface area contributed by atoms with Gasteiger partial charge in [-0.05, 0) is 23.6 Å². The number of nitrogens with zero attached hydrogens (tertiary/aromatic N) is 2. The number of hydrogen-bond donors (Lipinski definition) is 1. The van der Waals surface area contributed by atoms with E-state index in [0.717, 1.165) is 27.8 Å². The van der Waals surface area contributed by atoms with Crippen LogP contribution in [0.5, 0.6) is 0 Å². The second-order valence-corrected chi connectivity index (χ2v) is 8.22. The van der Waals surface area contributed by atoms with Crippen LogP contribution in [0.15, 0.2) is 71.9 Å². The zero-order valence-electron chi connectivity index (χ0n) is 16.4. The summed E-state index contributed by atoms with van der Waals surface area (Å²) in [6.45, 7) is 2.05. The Hall–Kier alpha value is -3.51. The summed E-state index contributed by atoms with van der Waals surface area (Å²) in [5.41, 5.74) is 3.60. The van der Waals surface area contributed by atoms with Gasteiger partial charge in [-0.1, -0.05) is 55.5 Å². The van der Waals surface area contributed by atoms with E-state index in [-0.39, 0.29) is 17.9 Å². The molecule has 0 bridgehead atoms. The summed E-state index contributed by atoms with van der Waals surface area (Å²) in [5.74, 6) is -0.115. The van der Waals surface area contributed by atoms with Crippen LogP contribution >= 0.6 is 11.3 Å². The van der Waals surface area contributed by atoms with E-state index in [1.807, 2.05) is 48.5 Å². The van der Waals surface area contributed by atoms with Crippen molar-refractivity contribution < 1.29 is 4.79 Å². The molecule has 0 spiro atoms. The Morgan fingerprint density at radius 3 is 2.73 bits per heavy atom. The minimum Gasteiger partial charge on any atom is -0.360 e. The molecule has 0 aliphatic heterocycles. The Morgan fingerprint density at radius 1 is 1.10 bits per heavy atom. The van der Waals surface area contributed by atoms with Gasteiger partial charge in [0.15, 0.2) is 5.78 Å². The highest BCUT2D eigenvalue weighted by molar-refractivity contribution is 7.21. The lowest BCUT2D eigenvalue weighted by atomic mass is 10.0. The number of fused-ring (bicyclic) bond motifs is 2. The number of aryl methyl sites for hydroxylation is 1. The van der Waals surface area contributed by atoms with Crippen molar-refractivity contribution >= 4 is 38.2 Å². The van der Waals surface area contributed by atoms with Crippen LogP contribution in [-0.4, -0.2) is 20.3 Å². The van der Waals surface area contributed by atoms with Crippen molar-refractivity contribution in [3.8, 4) is 10.4 Å². The molecule has 0 saturated heterocycles. The third-order valence-electron chi connectivity index (χ3n) is 5.37. The standard InChI is InChI=1S/C24H19N3O2S/c1-2-15-9-6-10-17-19(12-25-22(15)17)20(28)13-27-14-26-23-18(24(27)29)11-21(30-23)16-7-4-3-5-8-16/h3-12,14,25H,2,13H2,1H3. The Balaban J connectivity index is 1.51. The Labute approximate surface area is 176 Å². The van der Waals surface area contributed by atoms with Gasteiger partial charge in [0.1, 0.15) is 4.83 Å². The first-order chi connectivity index (χ1) is 14.7. The van der Waals surface area contributed by atoms with E-state index in [0.29, 0.717) is 15.8 Å². The summed E-state index contributed by atoms with van der Waals surface area (Å²) in [5, 5.41) is 1.43. The van der Waals surface area contributed by atoms with Crippen LogP contribution in [-0.2, 0) is 13.0 Å². The largest absolute Gasteiger partial charge is 0.360 e. The number of carbonyl (C=O) groups excluding carboxylic acids is 1. The molecule has 1 N–H and O–H groups in total. The number of ketones is 1. The summed E-state index contributed by atoms with van der Waals surface area (Å²) >= 11 is 1.48. The molecule has 5 nitrogen and oxygen atoms in total. The zero-order chi connectivity index (χ0) is 20.7. The number of rotatable bonds is 5. The van der Waals surface area contributed by atoms with Crippen LogP contribution in [0.4, 0.5) is 0 Å². The minimum atomic E-state index is -0.194. The predicted molar refractivity (Wildman–Crippen MR) is 121 cm³/mol. The molecule has 148 valence electrons. The zero-order valence-corrected chi connectivity index (χ0v) is 17.2. The molecule has 5 aromatic rings. The number of thiophene rings is 1. The quantitative estimate of drug-likeness (QED) is 0.410. The molecular weight excluding hydrogens is 394 g/mol. The van der Waals surface area contributed by atoms with Crippen molar-refractivity contribution in [3.63, 3.8) is 0 Å². The van der Waals surface area contributed by atoms with Crippen LogP contribution in [0, 0.1) is 0 Å². The number of nitrogens with one attached hydrogen (secondary N) is 1. The van der Waals surface area contributed by atoms with E-state index >= 15 is 0 Å². The monoisotopic (exact) mass is 413 g/mol. The number of benzene rings is 2. The van der Waals surface area contributed by atoms with Crippen LogP contribution in [0.25, 0.3) is 31.6 Å². The van der Waals surface area contributed by atoms with Gasteiger partial charge in [-0.25, -0.2) is 4.98 Å². The Morgan fingerprint density at radius 2 is 1.93 bits per heavy atom. The van der Waals surface area contributed by atoms with Crippen molar-refractivity contribution in [1.82, 2.24) is 14.5 Å². The minimum absolute atomic E-state index is 0.0401. The lowest BCUT2D eigenvalue weighted by Crippen LogP contribution is -2.24. The molecule has 0 aliphatic carbocycles. The average molecular weight is 414 g/mol. The molecule has 5 rings (SSSR count). The predicted octanol–water partition coefficient (Wildman–Crippen LogP) is 5.05. The normalized spacial score (nSPS) is 11.4. The number of aromatic amines is 1. The average Bonchev–Trinajstić information content (AvgIpc) is 3.41. The molecule has 0 aliphatic rings. The van der Waals surface area contributed by atoms with Gasteiger partial charge in [0.05, 0.1) is 18.3 Å². The number of carbonyl (C=O) groups is 1. The number of H-pyrrole nitrogens is 1.